The Morgan fingerprint density at radius 3 is 1.58 bits per heavy atom. The van der Waals surface area contributed by atoms with E-state index >= 15 is 0 Å². The summed E-state index contributed by atoms with van der Waals surface area (Å²) in [5.41, 5.74) is 0.130. The van der Waals surface area contributed by atoms with Crippen LogP contribution in [0.5, 0.6) is 0 Å². The van der Waals surface area contributed by atoms with E-state index in [1.165, 1.54) is 0 Å². The Hall–Kier alpha value is -0.0400. The topological polar surface area (TPSA) is 9.23 Å². The molecule has 0 saturated heterocycles. The molecule has 1 atom stereocenters. The highest BCUT2D eigenvalue weighted by Crippen LogP contribution is 2.28. The molecule has 12 heavy (non-hydrogen) atoms. The lowest BCUT2D eigenvalue weighted by atomic mass is 9.87. The maximum absolute atomic E-state index is 5.89. The zero-order valence-electron chi connectivity index (χ0n) is 9.40. The van der Waals surface area contributed by atoms with Gasteiger partial charge in [0.05, 0.1) is 11.7 Å². The Balaban J connectivity index is 4.20. The van der Waals surface area contributed by atoms with Gasteiger partial charge in [-0.3, -0.25) is 0 Å². The lowest BCUT2D eigenvalue weighted by Gasteiger charge is -2.35. The molecule has 0 aliphatic heterocycles. The second-order valence-electron chi connectivity index (χ2n) is 5.37. The highest BCUT2D eigenvalue weighted by atomic mass is 16.5. The fraction of sp³-hybridized carbons (Fsp3) is 0.909. The molecule has 0 spiro atoms. The molecule has 0 N–H and O–H groups in total. The monoisotopic (exact) mass is 171 g/mol. The van der Waals surface area contributed by atoms with Gasteiger partial charge in [-0.05, 0) is 32.6 Å². The highest BCUT2D eigenvalue weighted by molar-refractivity contribution is 4.78. The van der Waals surface area contributed by atoms with E-state index in [1.807, 2.05) is 0 Å². The Bertz CT molecular complexity index is 125. The van der Waals surface area contributed by atoms with Crippen LogP contribution in [0.2, 0.25) is 0 Å². The van der Waals surface area contributed by atoms with Crippen molar-refractivity contribution in [1.82, 2.24) is 0 Å². The molecule has 73 valence electrons. The second-order valence-corrected chi connectivity index (χ2v) is 5.37. The first kappa shape index (κ1) is 12.0. The van der Waals surface area contributed by atoms with Crippen molar-refractivity contribution in [3.63, 3.8) is 0 Å². The van der Waals surface area contributed by atoms with Crippen LogP contribution in [-0.4, -0.2) is 11.7 Å². The van der Waals surface area contributed by atoms with Gasteiger partial charge in [-0.2, -0.15) is 0 Å². The van der Waals surface area contributed by atoms with E-state index in [0.29, 0.717) is 0 Å². The molecule has 0 aliphatic rings. The molecule has 0 saturated carbocycles. The van der Waals surface area contributed by atoms with Crippen LogP contribution in [0.1, 0.15) is 48.0 Å². The van der Waals surface area contributed by atoms with E-state index in [0.717, 1.165) is 6.42 Å². The van der Waals surface area contributed by atoms with Crippen molar-refractivity contribution >= 4 is 0 Å². The average molecular weight is 171 g/mol. The molecule has 0 fully saturated rings. The maximum atomic E-state index is 5.89. The molecule has 0 aromatic heterocycles. The van der Waals surface area contributed by atoms with Crippen LogP contribution in [0.25, 0.3) is 0 Å². The molecular weight excluding hydrogens is 148 g/mol. The number of hydrogen-bond donors (Lipinski definition) is 0. The second kappa shape index (κ2) is 3.78. The molecule has 0 rings (SSSR count). The van der Waals surface area contributed by atoms with Crippen molar-refractivity contribution in [2.24, 2.45) is 5.41 Å². The molecule has 1 heteroatoms. The number of hydrogen-bond acceptors (Lipinski definition) is 1. The summed E-state index contributed by atoms with van der Waals surface area (Å²) in [5.74, 6) is 0. The molecule has 0 bridgehead atoms. The van der Waals surface area contributed by atoms with Gasteiger partial charge >= 0.3 is 0 Å². The third-order valence-corrected chi connectivity index (χ3v) is 1.72. The molecule has 0 amide bonds. The molecule has 0 aromatic rings. The summed E-state index contributed by atoms with van der Waals surface area (Å²) in [6.45, 7) is 16.7. The number of rotatable bonds is 2. The van der Waals surface area contributed by atoms with Crippen molar-refractivity contribution in [1.29, 1.82) is 0 Å². The summed E-state index contributed by atoms with van der Waals surface area (Å²) in [7, 11) is 0. The lowest BCUT2D eigenvalue weighted by Crippen LogP contribution is -2.36. The summed E-state index contributed by atoms with van der Waals surface area (Å²) < 4.78 is 5.89. The molecule has 1 radical (unpaired) electrons. The molecule has 0 aromatic carbocycles. The highest BCUT2D eigenvalue weighted by Gasteiger charge is 2.27. The summed E-state index contributed by atoms with van der Waals surface area (Å²) >= 11 is 0. The standard InChI is InChI=1S/C11H23O/c1-8-9(10(2,3)4)12-11(5,6)7/h9H,1,8H2,2-7H3. The van der Waals surface area contributed by atoms with E-state index in [-0.39, 0.29) is 17.1 Å². The third kappa shape index (κ3) is 4.76. The van der Waals surface area contributed by atoms with Gasteiger partial charge < -0.3 is 4.74 Å². The van der Waals surface area contributed by atoms with Gasteiger partial charge in [0.1, 0.15) is 0 Å². The average Bonchev–Trinajstić information content (AvgIpc) is 1.78. The van der Waals surface area contributed by atoms with Gasteiger partial charge in [-0.25, -0.2) is 0 Å². The summed E-state index contributed by atoms with van der Waals surface area (Å²) in [6.07, 6.45) is 1.08. The van der Waals surface area contributed by atoms with Crippen LogP contribution in [0.4, 0.5) is 0 Å². The molecule has 1 unspecified atom stereocenters. The van der Waals surface area contributed by atoms with E-state index in [9.17, 15) is 0 Å². The van der Waals surface area contributed by atoms with Gasteiger partial charge in [-0.1, -0.05) is 27.7 Å². The normalized spacial score (nSPS) is 16.2. The van der Waals surface area contributed by atoms with Crippen LogP contribution < -0.4 is 0 Å². The van der Waals surface area contributed by atoms with Crippen molar-refractivity contribution in [2.75, 3.05) is 0 Å². The minimum absolute atomic E-state index is 0.0599. The third-order valence-electron chi connectivity index (χ3n) is 1.72. The first-order valence-corrected chi connectivity index (χ1v) is 4.64. The van der Waals surface area contributed by atoms with E-state index in [1.54, 1.807) is 0 Å². The molecule has 0 heterocycles. The quantitative estimate of drug-likeness (QED) is 0.618. The van der Waals surface area contributed by atoms with Crippen LogP contribution in [0.15, 0.2) is 0 Å². The van der Waals surface area contributed by atoms with Gasteiger partial charge in [0.2, 0.25) is 0 Å². The smallest absolute Gasteiger partial charge is 0.0630 e. The van der Waals surface area contributed by atoms with Gasteiger partial charge in [-0.15, -0.1) is 0 Å². The molecule has 0 aliphatic carbocycles. The minimum atomic E-state index is -0.0599. The van der Waals surface area contributed by atoms with Crippen molar-refractivity contribution in [3.8, 4) is 0 Å². The summed E-state index contributed by atoms with van der Waals surface area (Å²) in [6, 6.07) is 0. The Morgan fingerprint density at radius 2 is 1.50 bits per heavy atom. The van der Waals surface area contributed by atoms with Crippen LogP contribution >= 0.6 is 0 Å². The lowest BCUT2D eigenvalue weighted by molar-refractivity contribution is -0.103. The fourth-order valence-electron chi connectivity index (χ4n) is 1.10. The Morgan fingerprint density at radius 1 is 1.08 bits per heavy atom. The summed E-state index contributed by atoms with van der Waals surface area (Å²) in [5, 5.41) is 0. The Kier molecular flexibility index (Phi) is 3.77. The van der Waals surface area contributed by atoms with Crippen molar-refractivity contribution in [2.45, 2.75) is 59.7 Å². The van der Waals surface area contributed by atoms with Crippen molar-refractivity contribution < 1.29 is 4.74 Å². The fourth-order valence-corrected chi connectivity index (χ4v) is 1.10. The van der Waals surface area contributed by atoms with Crippen LogP contribution in [-0.2, 0) is 4.74 Å². The number of ether oxygens (including phenoxy) is 1. The largest absolute Gasteiger partial charge is 0.372 e. The van der Waals surface area contributed by atoms with Gasteiger partial charge in [0.25, 0.3) is 0 Å². The zero-order chi connectivity index (χ0) is 9.99. The van der Waals surface area contributed by atoms with Crippen molar-refractivity contribution in [3.05, 3.63) is 6.92 Å². The maximum Gasteiger partial charge on any atom is 0.0630 e. The minimum Gasteiger partial charge on any atom is -0.372 e. The van der Waals surface area contributed by atoms with E-state index in [2.05, 4.69) is 48.5 Å². The first-order valence-electron chi connectivity index (χ1n) is 4.64. The molecular formula is C11H23O. The predicted octanol–water partition coefficient (Wildman–Crippen LogP) is 3.44. The predicted molar refractivity (Wildman–Crippen MR) is 54.1 cm³/mol. The SMILES string of the molecule is [CH2]CC(OC(C)(C)C)C(C)(C)C. The van der Waals surface area contributed by atoms with Crippen LogP contribution in [0, 0.1) is 12.3 Å². The Labute approximate surface area is 77.5 Å². The summed E-state index contributed by atoms with van der Waals surface area (Å²) in [4.78, 5) is 0. The van der Waals surface area contributed by atoms with E-state index < -0.39 is 0 Å². The van der Waals surface area contributed by atoms with Crippen LogP contribution in [0.3, 0.4) is 0 Å². The zero-order valence-corrected chi connectivity index (χ0v) is 9.40. The van der Waals surface area contributed by atoms with Gasteiger partial charge in [0.15, 0.2) is 0 Å². The van der Waals surface area contributed by atoms with E-state index in [4.69, 9.17) is 4.74 Å². The first-order chi connectivity index (χ1) is 5.17. The molecule has 1 nitrogen and oxygen atoms in total. The van der Waals surface area contributed by atoms with Gasteiger partial charge in [0, 0.05) is 0 Å².